The largest absolute Gasteiger partial charge is 0.381 e. The molecule has 1 aliphatic carbocycles. The Hall–Kier alpha value is -0.0800. The minimum Gasteiger partial charge on any atom is -0.381 e. The van der Waals surface area contributed by atoms with Gasteiger partial charge in [0.15, 0.2) is 0 Å². The molecule has 1 saturated carbocycles. The van der Waals surface area contributed by atoms with Crippen molar-refractivity contribution in [1.29, 1.82) is 0 Å². The van der Waals surface area contributed by atoms with Crippen molar-refractivity contribution in [3.05, 3.63) is 0 Å². The van der Waals surface area contributed by atoms with Gasteiger partial charge in [-0.1, -0.05) is 0 Å². The van der Waals surface area contributed by atoms with E-state index in [2.05, 4.69) is 0 Å². The SMILES string of the molecule is COC1CCC(Cl)CC1C(C)=O. The number of methoxy groups -OCH3 is 1. The van der Waals surface area contributed by atoms with E-state index in [0.29, 0.717) is 0 Å². The van der Waals surface area contributed by atoms with Crippen molar-refractivity contribution in [2.75, 3.05) is 7.11 Å². The Labute approximate surface area is 78.2 Å². The molecule has 0 heterocycles. The van der Waals surface area contributed by atoms with Crippen LogP contribution >= 0.6 is 11.6 Å². The summed E-state index contributed by atoms with van der Waals surface area (Å²) in [7, 11) is 1.66. The lowest BCUT2D eigenvalue weighted by Crippen LogP contribution is -2.35. The van der Waals surface area contributed by atoms with E-state index in [1.165, 1.54) is 0 Å². The van der Waals surface area contributed by atoms with E-state index < -0.39 is 0 Å². The standard InChI is InChI=1S/C9H15ClO2/c1-6(11)8-5-7(10)3-4-9(8)12-2/h7-9H,3-5H2,1-2H3. The summed E-state index contributed by atoms with van der Waals surface area (Å²) in [5, 5.41) is 0.158. The van der Waals surface area contributed by atoms with Gasteiger partial charge in [0.1, 0.15) is 5.78 Å². The number of rotatable bonds is 2. The third-order valence-electron chi connectivity index (χ3n) is 2.55. The number of ketones is 1. The summed E-state index contributed by atoms with van der Waals surface area (Å²) in [5.74, 6) is 0.221. The number of hydrogen-bond acceptors (Lipinski definition) is 2. The predicted molar refractivity (Wildman–Crippen MR) is 48.5 cm³/mol. The lowest BCUT2D eigenvalue weighted by molar-refractivity contribution is -0.126. The quantitative estimate of drug-likeness (QED) is 0.623. The van der Waals surface area contributed by atoms with E-state index in [-0.39, 0.29) is 23.2 Å². The van der Waals surface area contributed by atoms with Gasteiger partial charge < -0.3 is 4.74 Å². The van der Waals surface area contributed by atoms with E-state index >= 15 is 0 Å². The van der Waals surface area contributed by atoms with Crippen LogP contribution in [0.1, 0.15) is 26.2 Å². The van der Waals surface area contributed by atoms with Crippen LogP contribution in [0, 0.1) is 5.92 Å². The van der Waals surface area contributed by atoms with Crippen molar-refractivity contribution >= 4 is 17.4 Å². The fraction of sp³-hybridized carbons (Fsp3) is 0.889. The molecule has 0 aromatic rings. The fourth-order valence-electron chi connectivity index (χ4n) is 1.80. The van der Waals surface area contributed by atoms with Crippen LogP contribution in [-0.4, -0.2) is 24.4 Å². The van der Waals surface area contributed by atoms with Gasteiger partial charge in [0.2, 0.25) is 0 Å². The first-order chi connectivity index (χ1) is 5.65. The molecule has 3 atom stereocenters. The summed E-state index contributed by atoms with van der Waals surface area (Å²) in [5.41, 5.74) is 0. The summed E-state index contributed by atoms with van der Waals surface area (Å²) >= 11 is 5.97. The number of ether oxygens (including phenoxy) is 1. The molecule has 3 heteroatoms. The smallest absolute Gasteiger partial charge is 0.135 e. The highest BCUT2D eigenvalue weighted by molar-refractivity contribution is 6.20. The molecule has 1 rings (SSSR count). The average Bonchev–Trinajstić information content (AvgIpc) is 2.04. The zero-order valence-corrected chi connectivity index (χ0v) is 8.30. The summed E-state index contributed by atoms with van der Waals surface area (Å²) in [4.78, 5) is 11.2. The second kappa shape index (κ2) is 4.24. The van der Waals surface area contributed by atoms with Gasteiger partial charge >= 0.3 is 0 Å². The van der Waals surface area contributed by atoms with Gasteiger partial charge in [-0.25, -0.2) is 0 Å². The molecule has 0 bridgehead atoms. The van der Waals surface area contributed by atoms with E-state index in [1.807, 2.05) is 0 Å². The highest BCUT2D eigenvalue weighted by Crippen LogP contribution is 2.30. The second-order valence-corrected chi connectivity index (χ2v) is 4.02. The molecule has 2 nitrogen and oxygen atoms in total. The highest BCUT2D eigenvalue weighted by Gasteiger charge is 2.32. The van der Waals surface area contributed by atoms with Crippen LogP contribution in [0.3, 0.4) is 0 Å². The fourth-order valence-corrected chi connectivity index (χ4v) is 2.12. The molecule has 0 saturated heterocycles. The van der Waals surface area contributed by atoms with Crippen LogP contribution in [-0.2, 0) is 9.53 Å². The van der Waals surface area contributed by atoms with Gasteiger partial charge in [-0.3, -0.25) is 4.79 Å². The molecule has 12 heavy (non-hydrogen) atoms. The first-order valence-electron chi connectivity index (χ1n) is 4.32. The third kappa shape index (κ3) is 2.20. The van der Waals surface area contributed by atoms with Gasteiger partial charge in [0.25, 0.3) is 0 Å². The van der Waals surface area contributed by atoms with Crippen molar-refractivity contribution in [3.63, 3.8) is 0 Å². The lowest BCUT2D eigenvalue weighted by Gasteiger charge is -2.31. The number of halogens is 1. The first kappa shape index (κ1) is 10.0. The van der Waals surface area contributed by atoms with Gasteiger partial charge in [-0.15, -0.1) is 11.6 Å². The van der Waals surface area contributed by atoms with Gasteiger partial charge in [0.05, 0.1) is 6.10 Å². The lowest BCUT2D eigenvalue weighted by atomic mass is 9.84. The molecule has 0 spiro atoms. The molecule has 1 aliphatic rings. The molecule has 0 aromatic heterocycles. The second-order valence-electron chi connectivity index (χ2n) is 3.40. The maximum atomic E-state index is 11.2. The van der Waals surface area contributed by atoms with Crippen LogP contribution in [0.5, 0.6) is 0 Å². The zero-order valence-electron chi connectivity index (χ0n) is 7.55. The van der Waals surface area contributed by atoms with Gasteiger partial charge in [0, 0.05) is 18.4 Å². The molecule has 0 N–H and O–H groups in total. The minimum atomic E-state index is 0.0197. The van der Waals surface area contributed by atoms with E-state index in [1.54, 1.807) is 14.0 Å². The van der Waals surface area contributed by atoms with Gasteiger partial charge in [-0.2, -0.15) is 0 Å². The van der Waals surface area contributed by atoms with Crippen LogP contribution in [0.2, 0.25) is 0 Å². The molecule has 1 fully saturated rings. The molecule has 0 amide bonds. The van der Waals surface area contributed by atoms with Crippen molar-refractivity contribution in [2.24, 2.45) is 5.92 Å². The van der Waals surface area contributed by atoms with Crippen LogP contribution in [0.15, 0.2) is 0 Å². The first-order valence-corrected chi connectivity index (χ1v) is 4.76. The molecule has 3 unspecified atom stereocenters. The summed E-state index contributed by atoms with van der Waals surface area (Å²) < 4.78 is 5.23. The predicted octanol–water partition coefficient (Wildman–Crippen LogP) is 2.00. The Morgan fingerprint density at radius 2 is 2.17 bits per heavy atom. The summed E-state index contributed by atoms with van der Waals surface area (Å²) in [6.07, 6.45) is 2.74. The van der Waals surface area contributed by atoms with Crippen molar-refractivity contribution in [2.45, 2.75) is 37.7 Å². The monoisotopic (exact) mass is 190 g/mol. The van der Waals surface area contributed by atoms with Crippen molar-refractivity contribution in [3.8, 4) is 0 Å². The number of Topliss-reactive ketones (excluding diaryl/α,β-unsaturated/α-hetero) is 1. The normalized spacial score (nSPS) is 36.4. The highest BCUT2D eigenvalue weighted by atomic mass is 35.5. The Morgan fingerprint density at radius 1 is 1.50 bits per heavy atom. The number of carbonyl (C=O) groups is 1. The summed E-state index contributed by atoms with van der Waals surface area (Å²) in [6, 6.07) is 0. The average molecular weight is 191 g/mol. The van der Waals surface area contributed by atoms with Crippen LogP contribution < -0.4 is 0 Å². The third-order valence-corrected chi connectivity index (χ3v) is 2.94. The number of carbonyl (C=O) groups excluding carboxylic acids is 1. The molecular formula is C9H15ClO2. The van der Waals surface area contributed by atoms with Crippen LogP contribution in [0.4, 0.5) is 0 Å². The molecule has 0 radical (unpaired) electrons. The van der Waals surface area contributed by atoms with E-state index in [9.17, 15) is 4.79 Å². The van der Waals surface area contributed by atoms with Crippen molar-refractivity contribution in [1.82, 2.24) is 0 Å². The zero-order chi connectivity index (χ0) is 9.14. The minimum absolute atomic E-state index is 0.0197. The number of alkyl halides is 1. The summed E-state index contributed by atoms with van der Waals surface area (Å²) in [6.45, 7) is 1.62. The Balaban J connectivity index is 2.58. The Bertz CT molecular complexity index is 170. The topological polar surface area (TPSA) is 26.3 Å². The van der Waals surface area contributed by atoms with Gasteiger partial charge in [-0.05, 0) is 26.2 Å². The van der Waals surface area contributed by atoms with E-state index in [0.717, 1.165) is 19.3 Å². The Morgan fingerprint density at radius 3 is 2.67 bits per heavy atom. The molecular weight excluding hydrogens is 176 g/mol. The van der Waals surface area contributed by atoms with Crippen molar-refractivity contribution < 1.29 is 9.53 Å². The molecule has 0 aromatic carbocycles. The van der Waals surface area contributed by atoms with Crippen LogP contribution in [0.25, 0.3) is 0 Å². The number of hydrogen-bond donors (Lipinski definition) is 0. The molecule has 70 valence electrons. The molecule has 0 aliphatic heterocycles. The Kier molecular flexibility index (Phi) is 3.53. The maximum Gasteiger partial charge on any atom is 0.135 e. The maximum absolute atomic E-state index is 11.2. The van der Waals surface area contributed by atoms with E-state index in [4.69, 9.17) is 16.3 Å².